The van der Waals surface area contributed by atoms with Gasteiger partial charge in [0.05, 0.1) is 11.9 Å². The molecule has 0 bridgehead atoms. The van der Waals surface area contributed by atoms with Gasteiger partial charge in [-0.15, -0.1) is 11.3 Å². The molecule has 3 aromatic rings. The number of nitrogens with one attached hydrogen (secondary N) is 1. The molecule has 0 spiro atoms. The second kappa shape index (κ2) is 9.39. The van der Waals surface area contributed by atoms with Gasteiger partial charge in [0, 0.05) is 10.6 Å². The molecule has 1 N–H and O–H groups in total. The lowest BCUT2D eigenvalue weighted by Crippen LogP contribution is -2.36. The number of aryl methyl sites for hydroxylation is 3. The van der Waals surface area contributed by atoms with Gasteiger partial charge in [0.1, 0.15) is 16.7 Å². The van der Waals surface area contributed by atoms with Crippen LogP contribution < -0.4 is 10.9 Å². The third-order valence-corrected chi connectivity index (χ3v) is 7.80. The molecule has 7 heteroatoms. The van der Waals surface area contributed by atoms with Crippen molar-refractivity contribution in [3.05, 3.63) is 55.9 Å². The molecular formula is C26H34N4O2S. The Morgan fingerprint density at radius 3 is 2.82 bits per heavy atom. The van der Waals surface area contributed by atoms with Crippen LogP contribution in [0.3, 0.4) is 0 Å². The van der Waals surface area contributed by atoms with Crippen molar-refractivity contribution in [1.82, 2.24) is 14.5 Å². The number of hydrogen-bond donors (Lipinski definition) is 1. The highest BCUT2D eigenvalue weighted by Gasteiger charge is 2.28. The number of hydrogen-bond acceptors (Lipinski definition) is 5. The van der Waals surface area contributed by atoms with Gasteiger partial charge < -0.3 is 10.2 Å². The fourth-order valence-corrected chi connectivity index (χ4v) is 6.18. The standard InChI is InChI=1S/C26H34N4O2S/c1-7-18-10-8-9-16(3)23(18)28-24(31)17(4)30-21(14-29(5)6)27-25-22(26(30)32)19-12-11-15(2)13-20(19)33-25/h8-10,15,17H,7,11-14H2,1-6H3,(H,28,31). The lowest BCUT2D eigenvalue weighted by atomic mass is 9.89. The number of aromatic nitrogens is 2. The SMILES string of the molecule is CCc1cccc(C)c1NC(=O)C(C)n1c(CN(C)C)nc2sc3c(c2c1=O)CCC(C)C3. The summed E-state index contributed by atoms with van der Waals surface area (Å²) in [4.78, 5) is 36.3. The monoisotopic (exact) mass is 466 g/mol. The molecule has 4 rings (SSSR count). The van der Waals surface area contributed by atoms with E-state index in [-0.39, 0.29) is 11.5 Å². The van der Waals surface area contributed by atoms with Crippen LogP contribution in [0.15, 0.2) is 23.0 Å². The van der Waals surface area contributed by atoms with E-state index in [4.69, 9.17) is 4.98 Å². The normalized spacial score (nSPS) is 16.8. The molecule has 1 aliphatic rings. The first-order chi connectivity index (χ1) is 15.7. The molecule has 2 aromatic heterocycles. The topological polar surface area (TPSA) is 67.2 Å². The van der Waals surface area contributed by atoms with Gasteiger partial charge in [-0.2, -0.15) is 0 Å². The molecule has 2 atom stereocenters. The minimum Gasteiger partial charge on any atom is -0.324 e. The van der Waals surface area contributed by atoms with Gasteiger partial charge in [-0.05, 0) is 76.2 Å². The molecule has 1 aliphatic carbocycles. The number of amides is 1. The average Bonchev–Trinajstić information content (AvgIpc) is 3.11. The largest absolute Gasteiger partial charge is 0.324 e. The molecule has 1 amide bonds. The number of anilines is 1. The van der Waals surface area contributed by atoms with E-state index in [1.807, 2.05) is 44.1 Å². The molecule has 176 valence electrons. The van der Waals surface area contributed by atoms with Crippen LogP contribution in [0.1, 0.15) is 60.6 Å². The zero-order chi connectivity index (χ0) is 23.9. The number of benzene rings is 1. The predicted molar refractivity (Wildman–Crippen MR) is 136 cm³/mol. The molecular weight excluding hydrogens is 432 g/mol. The molecule has 0 saturated carbocycles. The summed E-state index contributed by atoms with van der Waals surface area (Å²) in [7, 11) is 3.90. The first-order valence-electron chi connectivity index (χ1n) is 11.8. The highest BCUT2D eigenvalue weighted by atomic mass is 32.1. The molecule has 33 heavy (non-hydrogen) atoms. The van der Waals surface area contributed by atoms with E-state index < -0.39 is 6.04 Å². The number of fused-ring (bicyclic) bond motifs is 3. The number of para-hydroxylation sites is 1. The summed E-state index contributed by atoms with van der Waals surface area (Å²) in [6, 6.07) is 5.36. The Balaban J connectivity index is 1.80. The van der Waals surface area contributed by atoms with Gasteiger partial charge in [0.25, 0.3) is 5.56 Å². The number of carbonyl (C=O) groups excluding carboxylic acids is 1. The van der Waals surface area contributed by atoms with E-state index in [9.17, 15) is 9.59 Å². The van der Waals surface area contributed by atoms with E-state index >= 15 is 0 Å². The molecule has 0 radical (unpaired) electrons. The summed E-state index contributed by atoms with van der Waals surface area (Å²) in [6.07, 6.45) is 3.82. The van der Waals surface area contributed by atoms with Crippen LogP contribution in [-0.2, 0) is 30.6 Å². The zero-order valence-corrected chi connectivity index (χ0v) is 21.3. The maximum atomic E-state index is 13.9. The van der Waals surface area contributed by atoms with E-state index in [2.05, 4.69) is 19.2 Å². The maximum Gasteiger partial charge on any atom is 0.263 e. The molecule has 1 aromatic carbocycles. The van der Waals surface area contributed by atoms with Crippen LogP contribution in [0.5, 0.6) is 0 Å². The molecule has 6 nitrogen and oxygen atoms in total. The van der Waals surface area contributed by atoms with Crippen molar-refractivity contribution in [1.29, 1.82) is 0 Å². The van der Waals surface area contributed by atoms with Crippen LogP contribution in [0.25, 0.3) is 10.2 Å². The molecule has 2 heterocycles. The molecule has 0 fully saturated rings. The van der Waals surface area contributed by atoms with Crippen LogP contribution in [0.4, 0.5) is 5.69 Å². The van der Waals surface area contributed by atoms with Crippen LogP contribution >= 0.6 is 11.3 Å². The Labute approximate surface area is 199 Å². The van der Waals surface area contributed by atoms with Crippen LogP contribution in [0.2, 0.25) is 0 Å². The maximum absolute atomic E-state index is 13.9. The van der Waals surface area contributed by atoms with Crippen molar-refractivity contribution in [2.24, 2.45) is 5.92 Å². The van der Waals surface area contributed by atoms with Gasteiger partial charge in [-0.3, -0.25) is 14.2 Å². The van der Waals surface area contributed by atoms with Crippen molar-refractivity contribution in [3.8, 4) is 0 Å². The van der Waals surface area contributed by atoms with Gasteiger partial charge in [-0.25, -0.2) is 4.98 Å². The van der Waals surface area contributed by atoms with Crippen molar-refractivity contribution < 1.29 is 4.79 Å². The quantitative estimate of drug-likeness (QED) is 0.571. The van der Waals surface area contributed by atoms with Crippen molar-refractivity contribution in [3.63, 3.8) is 0 Å². The molecule has 0 saturated heterocycles. The van der Waals surface area contributed by atoms with Crippen molar-refractivity contribution in [2.45, 2.75) is 66.0 Å². The molecule has 2 unspecified atom stereocenters. The van der Waals surface area contributed by atoms with E-state index in [0.29, 0.717) is 23.7 Å². The smallest absolute Gasteiger partial charge is 0.263 e. The predicted octanol–water partition coefficient (Wildman–Crippen LogP) is 4.71. The van der Waals surface area contributed by atoms with E-state index in [0.717, 1.165) is 52.9 Å². The summed E-state index contributed by atoms with van der Waals surface area (Å²) in [6.45, 7) is 8.63. The zero-order valence-electron chi connectivity index (χ0n) is 20.5. The minimum absolute atomic E-state index is 0.0907. The number of carbonyl (C=O) groups is 1. The highest BCUT2D eigenvalue weighted by molar-refractivity contribution is 7.18. The first-order valence-corrected chi connectivity index (χ1v) is 12.6. The second-order valence-electron chi connectivity index (χ2n) is 9.60. The van der Waals surface area contributed by atoms with Crippen LogP contribution in [0, 0.1) is 12.8 Å². The third kappa shape index (κ3) is 4.49. The van der Waals surface area contributed by atoms with Gasteiger partial charge in [0.15, 0.2) is 0 Å². The van der Waals surface area contributed by atoms with E-state index in [1.54, 1.807) is 22.8 Å². The number of nitrogens with zero attached hydrogens (tertiary/aromatic N) is 3. The third-order valence-electron chi connectivity index (χ3n) is 6.65. The second-order valence-corrected chi connectivity index (χ2v) is 10.7. The van der Waals surface area contributed by atoms with Crippen LogP contribution in [-0.4, -0.2) is 34.5 Å². The number of thiophene rings is 1. The summed E-state index contributed by atoms with van der Waals surface area (Å²) in [5.41, 5.74) is 4.01. The van der Waals surface area contributed by atoms with E-state index in [1.165, 1.54) is 4.88 Å². The lowest BCUT2D eigenvalue weighted by Gasteiger charge is -2.22. The Hall–Kier alpha value is -2.51. The summed E-state index contributed by atoms with van der Waals surface area (Å²) < 4.78 is 1.62. The minimum atomic E-state index is -0.674. The fourth-order valence-electron chi connectivity index (χ4n) is 4.79. The Morgan fingerprint density at radius 2 is 2.12 bits per heavy atom. The van der Waals surface area contributed by atoms with Gasteiger partial charge in [0.2, 0.25) is 5.91 Å². The van der Waals surface area contributed by atoms with Crippen molar-refractivity contribution >= 4 is 33.1 Å². The fraction of sp³-hybridized carbons (Fsp3) is 0.500. The summed E-state index contributed by atoms with van der Waals surface area (Å²) in [5.74, 6) is 1.06. The molecule has 0 aliphatic heterocycles. The first kappa shape index (κ1) is 23.6. The summed E-state index contributed by atoms with van der Waals surface area (Å²) in [5, 5.41) is 3.83. The summed E-state index contributed by atoms with van der Waals surface area (Å²) >= 11 is 1.65. The van der Waals surface area contributed by atoms with Gasteiger partial charge in [-0.1, -0.05) is 32.0 Å². The Bertz CT molecular complexity index is 1260. The average molecular weight is 467 g/mol. The Kier molecular flexibility index (Phi) is 6.73. The highest BCUT2D eigenvalue weighted by Crippen LogP contribution is 2.36. The number of rotatable bonds is 6. The Morgan fingerprint density at radius 1 is 1.36 bits per heavy atom. The lowest BCUT2D eigenvalue weighted by molar-refractivity contribution is -0.119. The van der Waals surface area contributed by atoms with Gasteiger partial charge >= 0.3 is 0 Å². The van der Waals surface area contributed by atoms with Crippen molar-refractivity contribution in [2.75, 3.05) is 19.4 Å².